The number of phenolic OH excluding ortho intramolecular Hbond substituents is 1. The maximum Gasteiger partial charge on any atom is 0.227 e. The van der Waals surface area contributed by atoms with E-state index in [1.54, 1.807) is 24.3 Å². The minimum absolute atomic E-state index is 0.134. The van der Waals surface area contributed by atoms with Crippen LogP contribution >= 0.6 is 0 Å². The third-order valence-corrected chi connectivity index (χ3v) is 4.30. The largest absolute Gasteiger partial charge is 0.508 e. The first-order chi connectivity index (χ1) is 12.0. The summed E-state index contributed by atoms with van der Waals surface area (Å²) in [5.41, 5.74) is 2.96. The van der Waals surface area contributed by atoms with Crippen molar-refractivity contribution in [2.45, 2.75) is 20.3 Å². The lowest BCUT2D eigenvalue weighted by atomic mass is 10.0. The van der Waals surface area contributed by atoms with Gasteiger partial charge in [0, 0.05) is 13.1 Å². The molecule has 0 aliphatic carbocycles. The van der Waals surface area contributed by atoms with Crippen LogP contribution in [-0.4, -0.2) is 42.2 Å². The maximum absolute atomic E-state index is 12.4. The Kier molecular flexibility index (Phi) is 5.24. The molecule has 1 saturated heterocycles. The van der Waals surface area contributed by atoms with Crippen molar-refractivity contribution in [2.24, 2.45) is 0 Å². The monoisotopic (exact) mass is 341 g/mol. The van der Waals surface area contributed by atoms with Gasteiger partial charge in [-0.1, -0.05) is 12.1 Å². The van der Waals surface area contributed by atoms with E-state index in [1.807, 2.05) is 30.9 Å². The van der Waals surface area contributed by atoms with Crippen LogP contribution in [-0.2, 0) is 16.0 Å². The second kappa shape index (κ2) is 7.57. The molecule has 2 aromatic carbocycles. The van der Waals surface area contributed by atoms with Crippen LogP contribution in [0.2, 0.25) is 0 Å². The van der Waals surface area contributed by atoms with E-state index in [0.29, 0.717) is 38.5 Å². The molecular weight excluding hydrogens is 318 g/mol. The van der Waals surface area contributed by atoms with E-state index >= 15 is 0 Å². The zero-order valence-electron chi connectivity index (χ0n) is 14.6. The molecule has 25 heavy (non-hydrogen) atoms. The van der Waals surface area contributed by atoms with E-state index in [-0.39, 0.29) is 11.7 Å². The maximum atomic E-state index is 12.4. The van der Waals surface area contributed by atoms with Gasteiger partial charge in [0.05, 0.1) is 19.6 Å². The molecule has 0 radical (unpaired) electrons. The summed E-state index contributed by atoms with van der Waals surface area (Å²) in [6, 6.07) is 10.6. The molecule has 0 spiro atoms. The molecule has 1 amide bonds. The number of aromatic hydroxyl groups is 1. The highest BCUT2D eigenvalue weighted by molar-refractivity contribution is 5.79. The third kappa shape index (κ3) is 4.31. The van der Waals surface area contributed by atoms with Gasteiger partial charge in [0.2, 0.25) is 5.91 Å². The number of amides is 1. The molecule has 1 heterocycles. The fourth-order valence-electron chi connectivity index (χ4n) is 3.03. The summed E-state index contributed by atoms with van der Waals surface area (Å²) in [4.78, 5) is 14.3. The number of morpholine rings is 1. The van der Waals surface area contributed by atoms with E-state index in [9.17, 15) is 9.90 Å². The standard InChI is InChI=1S/C20H23NO4/c1-14-11-16(13-19(23)21-7-9-24-10-8-21)12-15(2)20(14)25-18-5-3-17(22)4-6-18/h3-6,11-12,22H,7-10,13H2,1-2H3. The number of ether oxygens (including phenoxy) is 2. The number of carbonyl (C=O) groups excluding carboxylic acids is 1. The fourth-order valence-corrected chi connectivity index (χ4v) is 3.03. The Hall–Kier alpha value is -2.53. The second-order valence-electron chi connectivity index (χ2n) is 6.32. The van der Waals surface area contributed by atoms with Crippen LogP contribution < -0.4 is 4.74 Å². The van der Waals surface area contributed by atoms with Crippen LogP contribution in [0.15, 0.2) is 36.4 Å². The van der Waals surface area contributed by atoms with E-state index in [0.717, 1.165) is 22.4 Å². The number of hydrogen-bond donors (Lipinski definition) is 1. The summed E-state index contributed by atoms with van der Waals surface area (Å²) in [5, 5.41) is 9.36. The Morgan fingerprint density at radius 1 is 1.12 bits per heavy atom. The first-order valence-electron chi connectivity index (χ1n) is 8.45. The van der Waals surface area contributed by atoms with Gasteiger partial charge in [0.15, 0.2) is 0 Å². The molecule has 132 valence electrons. The molecule has 5 heteroatoms. The third-order valence-electron chi connectivity index (χ3n) is 4.30. The Bertz CT molecular complexity index is 726. The minimum atomic E-state index is 0.134. The van der Waals surface area contributed by atoms with Gasteiger partial charge < -0.3 is 19.5 Å². The average Bonchev–Trinajstić information content (AvgIpc) is 2.60. The highest BCUT2D eigenvalue weighted by atomic mass is 16.5. The fraction of sp³-hybridized carbons (Fsp3) is 0.350. The zero-order chi connectivity index (χ0) is 17.8. The lowest BCUT2D eigenvalue weighted by Gasteiger charge is -2.27. The van der Waals surface area contributed by atoms with Crippen LogP contribution in [0.5, 0.6) is 17.2 Å². The predicted molar refractivity (Wildman–Crippen MR) is 95.2 cm³/mol. The summed E-state index contributed by atoms with van der Waals surface area (Å²) < 4.78 is 11.2. The molecule has 0 aromatic heterocycles. The Morgan fingerprint density at radius 3 is 2.32 bits per heavy atom. The van der Waals surface area contributed by atoms with Gasteiger partial charge in [0.1, 0.15) is 17.2 Å². The van der Waals surface area contributed by atoms with Gasteiger partial charge in [-0.25, -0.2) is 0 Å². The number of benzene rings is 2. The zero-order valence-corrected chi connectivity index (χ0v) is 14.6. The number of hydrogen-bond acceptors (Lipinski definition) is 4. The number of rotatable bonds is 4. The van der Waals surface area contributed by atoms with Crippen molar-refractivity contribution in [2.75, 3.05) is 26.3 Å². The van der Waals surface area contributed by atoms with Gasteiger partial charge in [-0.05, 0) is 54.8 Å². The summed E-state index contributed by atoms with van der Waals surface area (Å²) >= 11 is 0. The topological polar surface area (TPSA) is 59.0 Å². The normalized spacial score (nSPS) is 14.4. The first-order valence-corrected chi connectivity index (χ1v) is 8.45. The van der Waals surface area contributed by atoms with Crippen LogP contribution in [0.4, 0.5) is 0 Å². The van der Waals surface area contributed by atoms with Gasteiger partial charge in [-0.3, -0.25) is 4.79 Å². The van der Waals surface area contributed by atoms with E-state index in [2.05, 4.69) is 0 Å². The number of phenols is 1. The Morgan fingerprint density at radius 2 is 1.72 bits per heavy atom. The quantitative estimate of drug-likeness (QED) is 0.928. The molecule has 1 N–H and O–H groups in total. The highest BCUT2D eigenvalue weighted by Crippen LogP contribution is 2.31. The molecule has 0 saturated carbocycles. The van der Waals surface area contributed by atoms with Crippen molar-refractivity contribution in [3.8, 4) is 17.2 Å². The summed E-state index contributed by atoms with van der Waals surface area (Å²) in [6.45, 7) is 6.51. The molecule has 0 atom stereocenters. The van der Waals surface area contributed by atoms with Crippen molar-refractivity contribution >= 4 is 5.91 Å². The average molecular weight is 341 g/mol. The van der Waals surface area contributed by atoms with Crippen molar-refractivity contribution in [1.29, 1.82) is 0 Å². The van der Waals surface area contributed by atoms with Gasteiger partial charge in [0.25, 0.3) is 0 Å². The van der Waals surface area contributed by atoms with Crippen molar-refractivity contribution in [3.63, 3.8) is 0 Å². The predicted octanol–water partition coefficient (Wildman–Crippen LogP) is 3.20. The number of carbonyl (C=O) groups is 1. The molecule has 1 aliphatic rings. The second-order valence-corrected chi connectivity index (χ2v) is 6.32. The van der Waals surface area contributed by atoms with Gasteiger partial charge >= 0.3 is 0 Å². The van der Waals surface area contributed by atoms with E-state index < -0.39 is 0 Å². The number of nitrogens with zero attached hydrogens (tertiary/aromatic N) is 1. The summed E-state index contributed by atoms with van der Waals surface area (Å²) in [7, 11) is 0. The van der Waals surface area contributed by atoms with Crippen LogP contribution in [0.1, 0.15) is 16.7 Å². The van der Waals surface area contributed by atoms with E-state index in [4.69, 9.17) is 9.47 Å². The smallest absolute Gasteiger partial charge is 0.227 e. The lowest BCUT2D eigenvalue weighted by Crippen LogP contribution is -2.41. The first kappa shape index (κ1) is 17.3. The molecule has 1 fully saturated rings. The van der Waals surface area contributed by atoms with Crippen LogP contribution in [0.3, 0.4) is 0 Å². The highest BCUT2D eigenvalue weighted by Gasteiger charge is 2.18. The number of aryl methyl sites for hydroxylation is 2. The van der Waals surface area contributed by atoms with Crippen molar-refractivity contribution in [1.82, 2.24) is 4.90 Å². The summed E-state index contributed by atoms with van der Waals surface area (Å²) in [6.07, 6.45) is 0.390. The SMILES string of the molecule is Cc1cc(CC(=O)N2CCOCC2)cc(C)c1Oc1ccc(O)cc1. The summed E-state index contributed by atoms with van der Waals surface area (Å²) in [5.74, 6) is 1.79. The Labute approximate surface area is 147 Å². The molecule has 2 aromatic rings. The molecular formula is C20H23NO4. The molecule has 5 nitrogen and oxygen atoms in total. The molecule has 0 bridgehead atoms. The van der Waals surface area contributed by atoms with Gasteiger partial charge in [-0.15, -0.1) is 0 Å². The molecule has 0 unspecified atom stereocenters. The Balaban J connectivity index is 1.73. The minimum Gasteiger partial charge on any atom is -0.508 e. The van der Waals surface area contributed by atoms with Crippen molar-refractivity contribution in [3.05, 3.63) is 53.1 Å². The van der Waals surface area contributed by atoms with E-state index in [1.165, 1.54) is 0 Å². The van der Waals surface area contributed by atoms with Crippen molar-refractivity contribution < 1.29 is 19.4 Å². The van der Waals surface area contributed by atoms with Crippen LogP contribution in [0.25, 0.3) is 0 Å². The molecule has 3 rings (SSSR count). The lowest BCUT2D eigenvalue weighted by molar-refractivity contribution is -0.134. The molecule has 1 aliphatic heterocycles. The van der Waals surface area contributed by atoms with Gasteiger partial charge in [-0.2, -0.15) is 0 Å². The van der Waals surface area contributed by atoms with Crippen LogP contribution in [0, 0.1) is 13.8 Å².